The Hall–Kier alpha value is -2.83. The third-order valence-electron chi connectivity index (χ3n) is 4.18. The zero-order chi connectivity index (χ0) is 20.7. The molecule has 28 heavy (non-hydrogen) atoms. The van der Waals surface area contributed by atoms with Crippen molar-refractivity contribution in [1.29, 1.82) is 0 Å². The molecule has 0 bridgehead atoms. The summed E-state index contributed by atoms with van der Waals surface area (Å²) in [7, 11) is 0. The Balaban J connectivity index is 1.86. The molecule has 7 heteroatoms. The van der Waals surface area contributed by atoms with Gasteiger partial charge in [0.15, 0.2) is 6.10 Å². The van der Waals surface area contributed by atoms with Gasteiger partial charge in [-0.1, -0.05) is 36.4 Å². The second kappa shape index (κ2) is 9.39. The predicted molar refractivity (Wildman–Crippen MR) is 98.7 cm³/mol. The maximum Gasteiger partial charge on any atom is 0.416 e. The van der Waals surface area contributed by atoms with E-state index in [1.807, 2.05) is 37.3 Å². The zero-order valence-corrected chi connectivity index (χ0v) is 15.6. The van der Waals surface area contributed by atoms with Crippen molar-refractivity contribution in [2.75, 3.05) is 0 Å². The lowest BCUT2D eigenvalue weighted by Crippen LogP contribution is -2.41. The van der Waals surface area contributed by atoms with Crippen LogP contribution in [0.15, 0.2) is 54.6 Å². The minimum Gasteiger partial charge on any atom is -0.449 e. The molecule has 4 nitrogen and oxygen atoms in total. The maximum atomic E-state index is 12.7. The van der Waals surface area contributed by atoms with Crippen molar-refractivity contribution in [2.45, 2.75) is 45.0 Å². The highest BCUT2D eigenvalue weighted by Gasteiger charge is 2.31. The first kappa shape index (κ1) is 21.5. The van der Waals surface area contributed by atoms with Crippen LogP contribution >= 0.6 is 0 Å². The first-order chi connectivity index (χ1) is 13.2. The van der Waals surface area contributed by atoms with E-state index in [0.29, 0.717) is 12.5 Å². The molecule has 0 fully saturated rings. The van der Waals surface area contributed by atoms with Crippen molar-refractivity contribution >= 4 is 11.9 Å². The van der Waals surface area contributed by atoms with Crippen molar-refractivity contribution < 1.29 is 27.5 Å². The smallest absolute Gasteiger partial charge is 0.416 e. The summed E-state index contributed by atoms with van der Waals surface area (Å²) in [5, 5.41) is 2.75. The van der Waals surface area contributed by atoms with E-state index in [0.717, 1.165) is 24.1 Å². The summed E-state index contributed by atoms with van der Waals surface area (Å²) < 4.78 is 43.2. The van der Waals surface area contributed by atoms with Crippen LogP contribution in [0, 0.1) is 0 Å². The number of alkyl halides is 3. The molecule has 0 saturated heterocycles. The Morgan fingerprint density at radius 1 is 1.04 bits per heavy atom. The molecule has 150 valence electrons. The molecule has 0 spiro atoms. The lowest BCUT2D eigenvalue weighted by molar-refractivity contribution is -0.137. The monoisotopic (exact) mass is 393 g/mol. The number of amides is 1. The quantitative estimate of drug-likeness (QED) is 0.710. The maximum absolute atomic E-state index is 12.7. The molecule has 0 unspecified atom stereocenters. The topological polar surface area (TPSA) is 55.4 Å². The third kappa shape index (κ3) is 6.40. The number of esters is 1. The van der Waals surface area contributed by atoms with Crippen molar-refractivity contribution in [3.63, 3.8) is 0 Å². The molecule has 0 radical (unpaired) electrons. The fourth-order valence-corrected chi connectivity index (χ4v) is 2.56. The van der Waals surface area contributed by atoms with Gasteiger partial charge in [0.2, 0.25) is 0 Å². The van der Waals surface area contributed by atoms with Gasteiger partial charge in [-0.2, -0.15) is 13.2 Å². The largest absolute Gasteiger partial charge is 0.449 e. The molecule has 0 aromatic heterocycles. The Kier molecular flexibility index (Phi) is 7.20. The molecule has 0 saturated carbocycles. The number of carbonyl (C=O) groups is 2. The van der Waals surface area contributed by atoms with Crippen LogP contribution in [0.4, 0.5) is 13.2 Å². The summed E-state index contributed by atoms with van der Waals surface area (Å²) in [6.07, 6.45) is -4.21. The number of hydrogen-bond acceptors (Lipinski definition) is 3. The third-order valence-corrected chi connectivity index (χ3v) is 4.18. The van der Waals surface area contributed by atoms with E-state index in [1.54, 1.807) is 0 Å². The number of hydrogen-bond donors (Lipinski definition) is 1. The normalized spacial score (nSPS) is 13.5. The molecule has 2 aromatic carbocycles. The molecule has 2 atom stereocenters. The van der Waals surface area contributed by atoms with E-state index >= 15 is 0 Å². The van der Waals surface area contributed by atoms with Crippen LogP contribution in [0.3, 0.4) is 0 Å². The number of nitrogens with one attached hydrogen (secondary N) is 1. The number of ether oxygens (including phenoxy) is 1. The van der Waals surface area contributed by atoms with E-state index in [4.69, 9.17) is 4.74 Å². The van der Waals surface area contributed by atoms with Gasteiger partial charge in [-0.3, -0.25) is 4.79 Å². The molecule has 0 aliphatic carbocycles. The second-order valence-corrected chi connectivity index (χ2v) is 6.56. The summed E-state index contributed by atoms with van der Waals surface area (Å²) >= 11 is 0. The van der Waals surface area contributed by atoms with Gasteiger partial charge in [0.25, 0.3) is 5.91 Å². The number of benzene rings is 2. The number of rotatable bonds is 7. The number of halogens is 3. The Bertz CT molecular complexity index is 806. The summed E-state index contributed by atoms with van der Waals surface area (Å²) in [5.74, 6) is -1.48. The highest BCUT2D eigenvalue weighted by Crippen LogP contribution is 2.29. The lowest BCUT2D eigenvalue weighted by Gasteiger charge is -2.18. The van der Waals surface area contributed by atoms with Gasteiger partial charge >= 0.3 is 12.1 Å². The summed E-state index contributed by atoms with van der Waals surface area (Å²) in [6, 6.07) is 13.5. The zero-order valence-electron chi connectivity index (χ0n) is 15.6. The Morgan fingerprint density at radius 3 is 2.36 bits per heavy atom. The van der Waals surface area contributed by atoms with Crippen LogP contribution in [0.25, 0.3) is 0 Å². The Labute approximate surface area is 161 Å². The fraction of sp³-hybridized carbons (Fsp3) is 0.333. The molecule has 0 heterocycles. The van der Waals surface area contributed by atoms with Gasteiger partial charge in [-0.15, -0.1) is 0 Å². The number of carbonyl (C=O) groups excluding carboxylic acids is 2. The Morgan fingerprint density at radius 2 is 1.71 bits per heavy atom. The molecule has 2 aromatic rings. The fourth-order valence-electron chi connectivity index (χ4n) is 2.56. The van der Waals surface area contributed by atoms with Crippen LogP contribution in [0.5, 0.6) is 0 Å². The van der Waals surface area contributed by atoms with Gasteiger partial charge in [-0.05, 0) is 50.5 Å². The average molecular weight is 393 g/mol. The van der Waals surface area contributed by atoms with Gasteiger partial charge in [0, 0.05) is 6.04 Å². The second-order valence-electron chi connectivity index (χ2n) is 6.56. The highest BCUT2D eigenvalue weighted by atomic mass is 19.4. The van der Waals surface area contributed by atoms with E-state index in [9.17, 15) is 22.8 Å². The minimum absolute atomic E-state index is 0.151. The molecule has 2 rings (SSSR count). The van der Waals surface area contributed by atoms with Gasteiger partial charge in [-0.25, -0.2) is 4.79 Å². The SMILES string of the molecule is C[C@H](CCc1ccccc1)NC(=O)[C@H](C)OC(=O)c1cccc(C(F)(F)F)c1. The van der Waals surface area contributed by atoms with Crippen LogP contribution in [0.2, 0.25) is 0 Å². The van der Waals surface area contributed by atoms with Crippen molar-refractivity contribution in [3.05, 3.63) is 71.3 Å². The molecule has 0 aliphatic rings. The van der Waals surface area contributed by atoms with Gasteiger partial charge in [0.05, 0.1) is 11.1 Å². The molecule has 1 amide bonds. The van der Waals surface area contributed by atoms with E-state index < -0.39 is 29.7 Å². The lowest BCUT2D eigenvalue weighted by atomic mass is 10.1. The molecule has 0 aliphatic heterocycles. The first-order valence-electron chi connectivity index (χ1n) is 8.89. The van der Waals surface area contributed by atoms with Crippen molar-refractivity contribution in [3.8, 4) is 0 Å². The van der Waals surface area contributed by atoms with Crippen molar-refractivity contribution in [1.82, 2.24) is 5.32 Å². The standard InChI is InChI=1S/C21H22F3NO3/c1-14(11-12-16-7-4-3-5-8-16)25-19(26)15(2)28-20(27)17-9-6-10-18(13-17)21(22,23)24/h3-10,13-15H,11-12H2,1-2H3,(H,25,26)/t14-,15+/m1/s1. The van der Waals surface area contributed by atoms with Crippen LogP contribution in [0.1, 0.15) is 41.8 Å². The van der Waals surface area contributed by atoms with E-state index in [1.165, 1.54) is 13.0 Å². The van der Waals surface area contributed by atoms with Gasteiger partial charge < -0.3 is 10.1 Å². The molecule has 1 N–H and O–H groups in total. The summed E-state index contributed by atoms with van der Waals surface area (Å²) in [5.41, 5.74) is -0.0622. The average Bonchev–Trinajstić information content (AvgIpc) is 2.66. The summed E-state index contributed by atoms with van der Waals surface area (Å²) in [4.78, 5) is 24.3. The molecular weight excluding hydrogens is 371 g/mol. The van der Waals surface area contributed by atoms with Crippen LogP contribution in [-0.2, 0) is 22.1 Å². The first-order valence-corrected chi connectivity index (χ1v) is 8.89. The van der Waals surface area contributed by atoms with E-state index in [-0.39, 0.29) is 11.6 Å². The number of aryl methyl sites for hydroxylation is 1. The highest BCUT2D eigenvalue weighted by molar-refractivity contribution is 5.92. The van der Waals surface area contributed by atoms with Crippen LogP contribution < -0.4 is 5.32 Å². The van der Waals surface area contributed by atoms with Crippen molar-refractivity contribution in [2.24, 2.45) is 0 Å². The van der Waals surface area contributed by atoms with Gasteiger partial charge in [0.1, 0.15) is 0 Å². The minimum atomic E-state index is -4.56. The van der Waals surface area contributed by atoms with Crippen LogP contribution in [-0.4, -0.2) is 24.0 Å². The summed E-state index contributed by atoms with van der Waals surface area (Å²) in [6.45, 7) is 3.22. The predicted octanol–water partition coefficient (Wildman–Crippen LogP) is 4.39. The van der Waals surface area contributed by atoms with E-state index in [2.05, 4.69) is 5.32 Å². The molecular formula is C21H22F3NO3.